The van der Waals surface area contributed by atoms with Gasteiger partial charge in [0.25, 0.3) is 0 Å². The third kappa shape index (κ3) is 27.7. The Morgan fingerprint density at radius 3 is 1.14 bits per heavy atom. The van der Waals surface area contributed by atoms with Crippen LogP contribution in [0.25, 0.3) is 0 Å². The van der Waals surface area contributed by atoms with Crippen molar-refractivity contribution in [3.8, 4) is 0 Å². The third-order valence-electron chi connectivity index (χ3n) is 6.07. The molecule has 0 radical (unpaired) electrons. The zero-order chi connectivity index (χ0) is 21.1. The molecule has 0 unspecified atom stereocenters. The van der Waals surface area contributed by atoms with Crippen LogP contribution in [-0.2, 0) is 0 Å². The van der Waals surface area contributed by atoms with Crippen molar-refractivity contribution in [2.45, 2.75) is 155 Å². The van der Waals surface area contributed by atoms with Crippen molar-refractivity contribution in [1.82, 2.24) is 5.32 Å². The molecule has 1 N–H and O–H groups in total. The highest BCUT2D eigenvalue weighted by molar-refractivity contribution is 4.81. The molecular weight excluding hydrogens is 350 g/mol. The molecule has 0 amide bonds. The molecule has 0 rings (SSSR count). The van der Waals surface area contributed by atoms with Crippen LogP contribution in [-0.4, -0.2) is 13.1 Å². The lowest BCUT2D eigenvalue weighted by Gasteiger charge is -2.05. The number of allylic oxidation sites excluding steroid dienone is 2. The second-order valence-electron chi connectivity index (χ2n) is 9.16. The molecule has 0 heterocycles. The summed E-state index contributed by atoms with van der Waals surface area (Å²) in [6, 6.07) is 0. The van der Waals surface area contributed by atoms with Crippen LogP contribution in [0.2, 0.25) is 0 Å². The van der Waals surface area contributed by atoms with Gasteiger partial charge in [0.05, 0.1) is 0 Å². The first kappa shape index (κ1) is 28.7. The summed E-state index contributed by atoms with van der Waals surface area (Å²) in [5, 5.41) is 3.63. The van der Waals surface area contributed by atoms with Gasteiger partial charge in [-0.2, -0.15) is 0 Å². The lowest BCUT2D eigenvalue weighted by molar-refractivity contribution is 0.532. The average molecular weight is 408 g/mol. The van der Waals surface area contributed by atoms with Gasteiger partial charge in [-0.15, -0.1) is 0 Å². The molecule has 1 nitrogen and oxygen atoms in total. The van der Waals surface area contributed by atoms with E-state index in [0.29, 0.717) is 0 Å². The van der Waals surface area contributed by atoms with Gasteiger partial charge in [0, 0.05) is 0 Å². The molecule has 29 heavy (non-hydrogen) atoms. The van der Waals surface area contributed by atoms with E-state index in [9.17, 15) is 0 Å². The molecule has 0 saturated heterocycles. The van der Waals surface area contributed by atoms with Gasteiger partial charge in [0.15, 0.2) is 0 Å². The van der Waals surface area contributed by atoms with Crippen LogP contribution < -0.4 is 5.32 Å². The Balaban J connectivity index is 3.04. The average Bonchev–Trinajstić information content (AvgIpc) is 2.74. The topological polar surface area (TPSA) is 12.0 Å². The summed E-state index contributed by atoms with van der Waals surface area (Å²) < 4.78 is 0. The first-order valence-corrected chi connectivity index (χ1v) is 13.8. The molecule has 0 aliphatic rings. The van der Waals surface area contributed by atoms with Crippen molar-refractivity contribution in [3.63, 3.8) is 0 Å². The Morgan fingerprint density at radius 1 is 0.379 bits per heavy atom. The summed E-state index contributed by atoms with van der Waals surface area (Å²) in [7, 11) is 0. The molecule has 0 aliphatic carbocycles. The molecule has 0 fully saturated rings. The first-order valence-electron chi connectivity index (χ1n) is 13.8. The van der Waals surface area contributed by atoms with Crippen molar-refractivity contribution < 1.29 is 0 Å². The molecule has 0 aromatic rings. The fourth-order valence-electron chi connectivity index (χ4n) is 4.01. The molecule has 0 saturated carbocycles. The van der Waals surface area contributed by atoms with E-state index < -0.39 is 0 Å². The summed E-state index contributed by atoms with van der Waals surface area (Å²) in [6.45, 7) is 7.03. The molecule has 174 valence electrons. The van der Waals surface area contributed by atoms with Crippen LogP contribution in [0.4, 0.5) is 0 Å². The number of nitrogens with one attached hydrogen (secondary N) is 1. The maximum atomic E-state index is 3.63. The minimum atomic E-state index is 1.21. The van der Waals surface area contributed by atoms with E-state index in [-0.39, 0.29) is 0 Å². The van der Waals surface area contributed by atoms with Gasteiger partial charge in [-0.1, -0.05) is 129 Å². The van der Waals surface area contributed by atoms with E-state index in [2.05, 4.69) is 31.3 Å². The van der Waals surface area contributed by atoms with E-state index in [0.717, 1.165) is 0 Å². The molecule has 0 bridgehead atoms. The van der Waals surface area contributed by atoms with Crippen LogP contribution in [0, 0.1) is 0 Å². The fourth-order valence-corrected chi connectivity index (χ4v) is 4.01. The van der Waals surface area contributed by atoms with Gasteiger partial charge >= 0.3 is 0 Å². The number of hydrogen-bond acceptors (Lipinski definition) is 1. The highest BCUT2D eigenvalue weighted by atomic mass is 14.8. The summed E-state index contributed by atoms with van der Waals surface area (Å²) in [6.07, 6.45) is 35.8. The summed E-state index contributed by atoms with van der Waals surface area (Å²) >= 11 is 0. The van der Waals surface area contributed by atoms with Crippen LogP contribution in [0.15, 0.2) is 12.2 Å². The summed E-state index contributed by atoms with van der Waals surface area (Å²) in [5.41, 5.74) is 0. The van der Waals surface area contributed by atoms with Crippen molar-refractivity contribution >= 4 is 0 Å². The number of hydrogen-bond donors (Lipinski definition) is 1. The lowest BCUT2D eigenvalue weighted by Crippen LogP contribution is -2.16. The van der Waals surface area contributed by atoms with Gasteiger partial charge in [0.1, 0.15) is 0 Å². The van der Waals surface area contributed by atoms with E-state index in [1.54, 1.807) is 0 Å². The third-order valence-corrected chi connectivity index (χ3v) is 6.07. The molecule has 0 aromatic carbocycles. The first-order chi connectivity index (χ1) is 14.4. The number of unbranched alkanes of at least 4 members (excludes halogenated alkanes) is 19. The van der Waals surface area contributed by atoms with Gasteiger partial charge in [-0.3, -0.25) is 0 Å². The fraction of sp³-hybridized carbons (Fsp3) is 0.929. The second-order valence-corrected chi connectivity index (χ2v) is 9.16. The van der Waals surface area contributed by atoms with Gasteiger partial charge in [-0.25, -0.2) is 0 Å². The largest absolute Gasteiger partial charge is 0.317 e. The molecule has 1 heteroatoms. The van der Waals surface area contributed by atoms with E-state index in [1.807, 2.05) is 0 Å². The van der Waals surface area contributed by atoms with Crippen LogP contribution in [0.3, 0.4) is 0 Å². The molecule has 0 aliphatic heterocycles. The summed E-state index contributed by atoms with van der Waals surface area (Å²) in [4.78, 5) is 0. The normalized spacial score (nSPS) is 11.7. The van der Waals surface area contributed by atoms with E-state index in [1.165, 1.54) is 154 Å². The Bertz CT molecular complexity index is 297. The van der Waals surface area contributed by atoms with Gasteiger partial charge in [-0.05, 0) is 51.6 Å². The standard InChI is InChI=1S/C28H57N/c1-3-5-7-9-11-13-15-17-19-21-23-25-27-29-28-26-24-22-20-18-16-14-12-10-8-6-4-2/h17,19,29H,3-16,18,20-28H2,1-2H3/b19-17+. The predicted molar refractivity (Wildman–Crippen MR) is 135 cm³/mol. The van der Waals surface area contributed by atoms with Crippen LogP contribution in [0.1, 0.15) is 155 Å². The Kier molecular flexibility index (Phi) is 27.4. The Labute approximate surface area is 185 Å². The zero-order valence-corrected chi connectivity index (χ0v) is 20.6. The number of rotatable bonds is 25. The molecule has 0 aromatic heterocycles. The van der Waals surface area contributed by atoms with Crippen molar-refractivity contribution in [2.24, 2.45) is 0 Å². The van der Waals surface area contributed by atoms with Gasteiger partial charge in [0.2, 0.25) is 0 Å². The SMILES string of the molecule is CCCCCCCC/C=C/CCCCNCCCCCCCCCCCCCC. The highest BCUT2D eigenvalue weighted by Gasteiger charge is 1.94. The molecule has 0 spiro atoms. The smallest absolute Gasteiger partial charge is 0.00488 e. The maximum absolute atomic E-state index is 3.63. The Morgan fingerprint density at radius 2 is 0.690 bits per heavy atom. The molecular formula is C28H57N. The predicted octanol–water partition coefficient (Wildman–Crippen LogP) is 9.75. The zero-order valence-electron chi connectivity index (χ0n) is 20.6. The second kappa shape index (κ2) is 27.7. The van der Waals surface area contributed by atoms with Crippen LogP contribution in [0.5, 0.6) is 0 Å². The van der Waals surface area contributed by atoms with Crippen molar-refractivity contribution in [3.05, 3.63) is 12.2 Å². The van der Waals surface area contributed by atoms with Crippen LogP contribution >= 0.6 is 0 Å². The Hall–Kier alpha value is -0.300. The van der Waals surface area contributed by atoms with Crippen molar-refractivity contribution in [2.75, 3.05) is 13.1 Å². The minimum Gasteiger partial charge on any atom is -0.317 e. The van der Waals surface area contributed by atoms with Gasteiger partial charge < -0.3 is 5.32 Å². The monoisotopic (exact) mass is 407 g/mol. The van der Waals surface area contributed by atoms with Crippen molar-refractivity contribution in [1.29, 1.82) is 0 Å². The van der Waals surface area contributed by atoms with E-state index in [4.69, 9.17) is 0 Å². The van der Waals surface area contributed by atoms with E-state index >= 15 is 0 Å². The molecule has 0 atom stereocenters. The minimum absolute atomic E-state index is 1.21. The maximum Gasteiger partial charge on any atom is -0.00488 e. The lowest BCUT2D eigenvalue weighted by atomic mass is 10.1. The summed E-state index contributed by atoms with van der Waals surface area (Å²) in [5.74, 6) is 0. The highest BCUT2D eigenvalue weighted by Crippen LogP contribution is 2.12. The quantitative estimate of drug-likeness (QED) is 0.117.